The van der Waals surface area contributed by atoms with Crippen LogP contribution < -0.4 is 10.2 Å². The molecule has 1 aliphatic heterocycles. The quantitative estimate of drug-likeness (QED) is 0.662. The molecule has 6 nitrogen and oxygen atoms in total. The number of piperidine rings is 1. The number of halogens is 1. The van der Waals surface area contributed by atoms with Crippen LogP contribution in [0.2, 0.25) is 0 Å². The molecule has 2 aromatic carbocycles. The fourth-order valence-electron chi connectivity index (χ4n) is 3.43. The summed E-state index contributed by atoms with van der Waals surface area (Å²) in [7, 11) is -1.61. The number of para-hydroxylation sites is 1. The van der Waals surface area contributed by atoms with E-state index in [1.807, 2.05) is 37.4 Å². The minimum absolute atomic E-state index is 0.0813. The highest BCUT2D eigenvalue weighted by atomic mass is 79.9. The summed E-state index contributed by atoms with van der Waals surface area (Å²) in [5.74, 6) is -0.404. The fourth-order valence-corrected chi connectivity index (χ4v) is 5.22. The molecule has 1 aliphatic rings. The summed E-state index contributed by atoms with van der Waals surface area (Å²) in [6.45, 7) is 1.86. The van der Waals surface area contributed by atoms with E-state index in [1.54, 1.807) is 24.3 Å². The van der Waals surface area contributed by atoms with Gasteiger partial charge in [0.05, 0.1) is 10.8 Å². The van der Waals surface area contributed by atoms with Gasteiger partial charge in [-0.05, 0) is 49.2 Å². The first-order valence-corrected chi connectivity index (χ1v) is 11.9. The first kappa shape index (κ1) is 21.8. The van der Waals surface area contributed by atoms with Crippen molar-refractivity contribution >= 4 is 37.5 Å². The third-order valence-corrected chi connectivity index (χ3v) is 7.56. The number of sulfonamides is 1. The van der Waals surface area contributed by atoms with Gasteiger partial charge in [0.15, 0.2) is 0 Å². The number of rotatable bonds is 7. The number of amides is 1. The highest BCUT2D eigenvalue weighted by Gasteiger charge is 2.33. The largest absolute Gasteiger partial charge is 0.373 e. The Kier molecular flexibility index (Phi) is 7.32. The summed E-state index contributed by atoms with van der Waals surface area (Å²) in [6.07, 6.45) is 1.38. The number of nitrogens with one attached hydrogen (secondary N) is 1. The van der Waals surface area contributed by atoms with Crippen molar-refractivity contribution in [3.8, 4) is 0 Å². The van der Waals surface area contributed by atoms with Crippen LogP contribution in [0.1, 0.15) is 12.8 Å². The van der Waals surface area contributed by atoms with Crippen molar-refractivity contribution in [3.05, 3.63) is 59.1 Å². The summed E-state index contributed by atoms with van der Waals surface area (Å²) >= 11 is 3.32. The number of nitrogens with zero attached hydrogens (tertiary/aromatic N) is 2. The van der Waals surface area contributed by atoms with E-state index in [9.17, 15) is 13.2 Å². The van der Waals surface area contributed by atoms with Gasteiger partial charge in [0.2, 0.25) is 15.9 Å². The molecule has 1 atom stereocenters. The molecule has 1 N–H and O–H groups in total. The second kappa shape index (κ2) is 9.73. The third kappa shape index (κ3) is 5.58. The molecule has 1 amide bonds. The number of hydrogen-bond acceptors (Lipinski definition) is 4. The monoisotopic (exact) mass is 479 g/mol. The second-order valence-corrected chi connectivity index (χ2v) is 10.1. The Labute approximate surface area is 181 Å². The van der Waals surface area contributed by atoms with Gasteiger partial charge in [-0.2, -0.15) is 4.31 Å². The Morgan fingerprint density at radius 1 is 1.17 bits per heavy atom. The maximum atomic E-state index is 12.9. The van der Waals surface area contributed by atoms with Crippen LogP contribution in [0.3, 0.4) is 0 Å². The highest BCUT2D eigenvalue weighted by molar-refractivity contribution is 9.10. The van der Waals surface area contributed by atoms with Crippen LogP contribution in [-0.2, 0) is 14.8 Å². The topological polar surface area (TPSA) is 69.7 Å². The zero-order valence-electron chi connectivity index (χ0n) is 16.4. The summed E-state index contributed by atoms with van der Waals surface area (Å²) in [5.41, 5.74) is 1.09. The van der Waals surface area contributed by atoms with Gasteiger partial charge in [0.25, 0.3) is 0 Å². The number of hydrogen-bond donors (Lipinski definition) is 1. The number of carbonyl (C=O) groups is 1. The van der Waals surface area contributed by atoms with Crippen LogP contribution in [0.4, 0.5) is 5.69 Å². The van der Waals surface area contributed by atoms with Gasteiger partial charge < -0.3 is 10.2 Å². The molecule has 3 rings (SSSR count). The molecule has 0 saturated carbocycles. The van der Waals surface area contributed by atoms with Crippen LogP contribution in [0.15, 0.2) is 64.0 Å². The molecule has 1 heterocycles. The van der Waals surface area contributed by atoms with Crippen molar-refractivity contribution in [2.75, 3.05) is 38.1 Å². The first-order valence-electron chi connectivity index (χ1n) is 9.67. The predicted molar refractivity (Wildman–Crippen MR) is 118 cm³/mol. The molecule has 0 radical (unpaired) electrons. The number of carbonyl (C=O) groups excluding carboxylic acids is 1. The Hall–Kier alpha value is -1.90. The van der Waals surface area contributed by atoms with Crippen molar-refractivity contribution in [3.63, 3.8) is 0 Å². The maximum absolute atomic E-state index is 12.9. The van der Waals surface area contributed by atoms with Gasteiger partial charge in [-0.1, -0.05) is 34.1 Å². The number of anilines is 1. The zero-order valence-corrected chi connectivity index (χ0v) is 18.8. The average Bonchev–Trinajstić information content (AvgIpc) is 2.74. The molecular weight excluding hydrogens is 454 g/mol. The molecule has 29 heavy (non-hydrogen) atoms. The molecule has 2 aromatic rings. The molecule has 1 saturated heterocycles. The van der Waals surface area contributed by atoms with Crippen LogP contribution in [0.5, 0.6) is 0 Å². The Bertz CT molecular complexity index is 920. The van der Waals surface area contributed by atoms with E-state index in [-0.39, 0.29) is 23.3 Å². The molecule has 1 fully saturated rings. The fraction of sp³-hybridized carbons (Fsp3) is 0.381. The van der Waals surface area contributed by atoms with Crippen LogP contribution in [-0.4, -0.2) is 51.9 Å². The maximum Gasteiger partial charge on any atom is 0.243 e. The van der Waals surface area contributed by atoms with Gasteiger partial charge in [-0.3, -0.25) is 4.79 Å². The molecule has 156 valence electrons. The predicted octanol–water partition coefficient (Wildman–Crippen LogP) is 3.10. The lowest BCUT2D eigenvalue weighted by Gasteiger charge is -2.31. The van der Waals surface area contributed by atoms with Crippen LogP contribution in [0.25, 0.3) is 0 Å². The minimum Gasteiger partial charge on any atom is -0.373 e. The minimum atomic E-state index is -3.59. The van der Waals surface area contributed by atoms with E-state index < -0.39 is 10.0 Å². The van der Waals surface area contributed by atoms with E-state index in [4.69, 9.17) is 0 Å². The third-order valence-electron chi connectivity index (χ3n) is 5.15. The normalized spacial score (nSPS) is 17.7. The van der Waals surface area contributed by atoms with E-state index in [0.717, 1.165) is 10.2 Å². The average molecular weight is 480 g/mol. The summed E-state index contributed by atoms with van der Waals surface area (Å²) < 4.78 is 28.1. The molecule has 0 aliphatic carbocycles. The van der Waals surface area contributed by atoms with Gasteiger partial charge in [-0.25, -0.2) is 8.42 Å². The zero-order chi connectivity index (χ0) is 20.9. The van der Waals surface area contributed by atoms with E-state index >= 15 is 0 Å². The molecule has 0 unspecified atom stereocenters. The molecule has 0 spiro atoms. The summed E-state index contributed by atoms with van der Waals surface area (Å²) in [5, 5.41) is 2.96. The molecule has 0 bridgehead atoms. The summed E-state index contributed by atoms with van der Waals surface area (Å²) in [6, 6.07) is 16.6. The van der Waals surface area contributed by atoms with Crippen molar-refractivity contribution < 1.29 is 13.2 Å². The first-order chi connectivity index (χ1) is 13.9. The van der Waals surface area contributed by atoms with Gasteiger partial charge >= 0.3 is 0 Å². The van der Waals surface area contributed by atoms with Crippen molar-refractivity contribution in [2.45, 2.75) is 17.7 Å². The summed E-state index contributed by atoms with van der Waals surface area (Å²) in [4.78, 5) is 14.9. The number of likely N-dealkylation sites (N-methyl/N-ethyl adjacent to an activating group) is 1. The lowest BCUT2D eigenvalue weighted by molar-refractivity contribution is -0.126. The Morgan fingerprint density at radius 2 is 1.86 bits per heavy atom. The van der Waals surface area contributed by atoms with Gasteiger partial charge in [0.1, 0.15) is 0 Å². The molecular formula is C21H26BrN3O3S. The van der Waals surface area contributed by atoms with Gasteiger partial charge in [0, 0.05) is 43.4 Å². The van der Waals surface area contributed by atoms with Crippen molar-refractivity contribution in [2.24, 2.45) is 5.92 Å². The van der Waals surface area contributed by atoms with Gasteiger partial charge in [-0.15, -0.1) is 0 Å². The van der Waals surface area contributed by atoms with E-state index in [1.165, 1.54) is 4.31 Å². The Morgan fingerprint density at radius 3 is 2.55 bits per heavy atom. The van der Waals surface area contributed by atoms with Crippen molar-refractivity contribution in [1.82, 2.24) is 9.62 Å². The van der Waals surface area contributed by atoms with Crippen LogP contribution >= 0.6 is 15.9 Å². The lowest BCUT2D eigenvalue weighted by atomic mass is 9.99. The lowest BCUT2D eigenvalue weighted by Crippen LogP contribution is -2.46. The second-order valence-electron chi connectivity index (χ2n) is 7.20. The number of benzene rings is 2. The SMILES string of the molecule is CN(CCNC(=O)[C@H]1CCCN(S(=O)(=O)c2ccc(Br)cc2)C1)c1ccccc1. The highest BCUT2D eigenvalue weighted by Crippen LogP contribution is 2.25. The Balaban J connectivity index is 1.54. The molecule has 8 heteroatoms. The standard InChI is InChI=1S/C21H26BrN3O3S/c1-24(19-7-3-2-4-8-19)15-13-23-21(26)17-6-5-14-25(16-17)29(27,28)20-11-9-18(22)10-12-20/h2-4,7-12,17H,5-6,13-16H2,1H3,(H,23,26)/t17-/m0/s1. The molecule has 0 aromatic heterocycles. The smallest absolute Gasteiger partial charge is 0.243 e. The van der Waals surface area contributed by atoms with Crippen LogP contribution in [0, 0.1) is 5.92 Å². The van der Waals surface area contributed by atoms with E-state index in [0.29, 0.717) is 32.5 Å². The van der Waals surface area contributed by atoms with E-state index in [2.05, 4.69) is 26.1 Å². The van der Waals surface area contributed by atoms with Crippen molar-refractivity contribution in [1.29, 1.82) is 0 Å².